The van der Waals surface area contributed by atoms with Crippen molar-refractivity contribution in [3.05, 3.63) is 46.0 Å². The van der Waals surface area contributed by atoms with Gasteiger partial charge in [0.15, 0.2) is 0 Å². The molecule has 0 bridgehead atoms. The molecular weight excluding hydrogens is 284 g/mol. The lowest BCUT2D eigenvalue weighted by Crippen LogP contribution is -2.25. The smallest absolute Gasteiger partial charge is 0.149 e. The van der Waals surface area contributed by atoms with Crippen molar-refractivity contribution in [3.63, 3.8) is 0 Å². The SMILES string of the molecule is CC(NC1CCc2cc(Cl)ccc21)c1nnc2n1CCC2. The molecule has 2 unspecified atom stereocenters. The lowest BCUT2D eigenvalue weighted by atomic mass is 10.1. The van der Waals surface area contributed by atoms with Gasteiger partial charge in [-0.15, -0.1) is 10.2 Å². The number of rotatable bonds is 3. The Hall–Kier alpha value is -1.39. The summed E-state index contributed by atoms with van der Waals surface area (Å²) >= 11 is 6.08. The van der Waals surface area contributed by atoms with Crippen LogP contribution >= 0.6 is 11.6 Å². The zero-order valence-electron chi connectivity index (χ0n) is 12.1. The van der Waals surface area contributed by atoms with Gasteiger partial charge in [-0.2, -0.15) is 0 Å². The third-order valence-electron chi connectivity index (χ3n) is 4.66. The van der Waals surface area contributed by atoms with E-state index < -0.39 is 0 Å². The van der Waals surface area contributed by atoms with Gasteiger partial charge in [-0.05, 0) is 49.4 Å². The largest absolute Gasteiger partial charge is 0.314 e. The van der Waals surface area contributed by atoms with Crippen molar-refractivity contribution < 1.29 is 0 Å². The molecule has 4 nitrogen and oxygen atoms in total. The van der Waals surface area contributed by atoms with Gasteiger partial charge in [-0.25, -0.2) is 0 Å². The molecule has 0 spiro atoms. The van der Waals surface area contributed by atoms with Crippen molar-refractivity contribution in [2.45, 2.75) is 51.2 Å². The number of nitrogens with zero attached hydrogens (tertiary/aromatic N) is 3. The first-order chi connectivity index (χ1) is 10.2. The zero-order valence-corrected chi connectivity index (χ0v) is 12.9. The minimum atomic E-state index is 0.218. The van der Waals surface area contributed by atoms with Crippen LogP contribution in [0.25, 0.3) is 0 Å². The van der Waals surface area contributed by atoms with Crippen LogP contribution in [0.3, 0.4) is 0 Å². The molecule has 0 saturated heterocycles. The Kier molecular flexibility index (Phi) is 3.23. The number of aromatic nitrogens is 3. The van der Waals surface area contributed by atoms with Crippen LogP contribution in [-0.2, 0) is 19.4 Å². The number of halogens is 1. The summed E-state index contributed by atoms with van der Waals surface area (Å²) in [5, 5.41) is 13.2. The summed E-state index contributed by atoms with van der Waals surface area (Å²) in [7, 11) is 0. The van der Waals surface area contributed by atoms with Gasteiger partial charge in [-0.3, -0.25) is 0 Å². The number of hydrogen-bond acceptors (Lipinski definition) is 3. The topological polar surface area (TPSA) is 42.7 Å². The second kappa shape index (κ2) is 5.11. The quantitative estimate of drug-likeness (QED) is 0.946. The predicted molar refractivity (Wildman–Crippen MR) is 82.4 cm³/mol. The van der Waals surface area contributed by atoms with E-state index in [9.17, 15) is 0 Å². The minimum absolute atomic E-state index is 0.218. The molecule has 1 aromatic carbocycles. The summed E-state index contributed by atoms with van der Waals surface area (Å²) < 4.78 is 2.27. The fraction of sp³-hybridized carbons (Fsp3) is 0.500. The Labute approximate surface area is 129 Å². The molecule has 1 aliphatic carbocycles. The van der Waals surface area contributed by atoms with E-state index in [1.54, 1.807) is 0 Å². The molecule has 1 aromatic heterocycles. The molecule has 2 heterocycles. The lowest BCUT2D eigenvalue weighted by Gasteiger charge is -2.20. The van der Waals surface area contributed by atoms with Crippen molar-refractivity contribution in [1.82, 2.24) is 20.1 Å². The van der Waals surface area contributed by atoms with Gasteiger partial charge in [0.05, 0.1) is 6.04 Å². The Bertz CT molecular complexity index is 679. The van der Waals surface area contributed by atoms with Crippen LogP contribution in [0, 0.1) is 0 Å². The summed E-state index contributed by atoms with van der Waals surface area (Å²) in [6.07, 6.45) is 4.47. The number of benzene rings is 1. The second-order valence-electron chi connectivity index (χ2n) is 6.05. The Morgan fingerprint density at radius 2 is 2.24 bits per heavy atom. The van der Waals surface area contributed by atoms with E-state index in [0.29, 0.717) is 6.04 Å². The van der Waals surface area contributed by atoms with E-state index in [1.807, 2.05) is 6.07 Å². The summed E-state index contributed by atoms with van der Waals surface area (Å²) in [6, 6.07) is 6.85. The van der Waals surface area contributed by atoms with E-state index in [-0.39, 0.29) is 6.04 Å². The molecule has 0 amide bonds. The molecule has 4 rings (SSSR count). The summed E-state index contributed by atoms with van der Waals surface area (Å²) in [6.45, 7) is 3.24. The maximum absolute atomic E-state index is 6.08. The van der Waals surface area contributed by atoms with Gasteiger partial charge in [0.2, 0.25) is 0 Å². The van der Waals surface area contributed by atoms with Crippen LogP contribution in [0.5, 0.6) is 0 Å². The molecule has 110 valence electrons. The van der Waals surface area contributed by atoms with Gasteiger partial charge in [-0.1, -0.05) is 17.7 Å². The summed E-state index contributed by atoms with van der Waals surface area (Å²) in [4.78, 5) is 0. The second-order valence-corrected chi connectivity index (χ2v) is 6.49. The number of hydrogen-bond donors (Lipinski definition) is 1. The van der Waals surface area contributed by atoms with Gasteiger partial charge in [0, 0.05) is 24.0 Å². The fourth-order valence-corrected chi connectivity index (χ4v) is 3.82. The van der Waals surface area contributed by atoms with Crippen molar-refractivity contribution in [2.24, 2.45) is 0 Å². The normalized spacial score (nSPS) is 21.3. The molecule has 2 aliphatic rings. The first-order valence-electron chi connectivity index (χ1n) is 7.69. The average Bonchev–Trinajstić information content (AvgIpc) is 3.13. The lowest BCUT2D eigenvalue weighted by molar-refractivity contribution is 0.437. The van der Waals surface area contributed by atoms with Crippen LogP contribution < -0.4 is 5.32 Å². The fourth-order valence-electron chi connectivity index (χ4n) is 3.63. The van der Waals surface area contributed by atoms with Crippen LogP contribution in [0.15, 0.2) is 18.2 Å². The van der Waals surface area contributed by atoms with Gasteiger partial charge >= 0.3 is 0 Å². The molecule has 0 fully saturated rings. The molecule has 1 aliphatic heterocycles. The van der Waals surface area contributed by atoms with E-state index in [2.05, 4.69) is 39.1 Å². The van der Waals surface area contributed by atoms with Crippen LogP contribution in [0.2, 0.25) is 5.02 Å². The highest BCUT2D eigenvalue weighted by atomic mass is 35.5. The molecule has 0 radical (unpaired) electrons. The highest BCUT2D eigenvalue weighted by Gasteiger charge is 2.27. The average molecular weight is 303 g/mol. The first-order valence-corrected chi connectivity index (χ1v) is 8.06. The third-order valence-corrected chi connectivity index (χ3v) is 4.89. The molecular formula is C16H19ClN4. The van der Waals surface area contributed by atoms with E-state index in [0.717, 1.165) is 42.5 Å². The highest BCUT2D eigenvalue weighted by Crippen LogP contribution is 2.34. The van der Waals surface area contributed by atoms with Crippen molar-refractivity contribution in [2.75, 3.05) is 0 Å². The molecule has 2 aromatic rings. The van der Waals surface area contributed by atoms with E-state index in [4.69, 9.17) is 11.6 Å². The predicted octanol–water partition coefficient (Wildman–Crippen LogP) is 3.22. The van der Waals surface area contributed by atoms with Gasteiger partial charge < -0.3 is 9.88 Å². The maximum atomic E-state index is 6.08. The molecule has 0 saturated carbocycles. The van der Waals surface area contributed by atoms with Gasteiger partial charge in [0.1, 0.15) is 11.6 Å². The molecule has 5 heteroatoms. The third kappa shape index (κ3) is 2.27. The van der Waals surface area contributed by atoms with E-state index in [1.165, 1.54) is 17.5 Å². The Balaban J connectivity index is 1.55. The van der Waals surface area contributed by atoms with Crippen molar-refractivity contribution in [1.29, 1.82) is 0 Å². The van der Waals surface area contributed by atoms with Crippen LogP contribution in [0.4, 0.5) is 0 Å². The Morgan fingerprint density at radius 3 is 3.14 bits per heavy atom. The molecule has 2 atom stereocenters. The summed E-state index contributed by atoms with van der Waals surface area (Å²) in [5.74, 6) is 2.21. The monoisotopic (exact) mass is 302 g/mol. The highest BCUT2D eigenvalue weighted by molar-refractivity contribution is 6.30. The van der Waals surface area contributed by atoms with Crippen LogP contribution in [0.1, 0.15) is 54.6 Å². The number of fused-ring (bicyclic) bond motifs is 2. The Morgan fingerprint density at radius 1 is 1.33 bits per heavy atom. The van der Waals surface area contributed by atoms with Crippen molar-refractivity contribution >= 4 is 11.6 Å². The number of nitrogens with one attached hydrogen (secondary N) is 1. The minimum Gasteiger partial charge on any atom is -0.314 e. The molecule has 21 heavy (non-hydrogen) atoms. The van der Waals surface area contributed by atoms with Crippen molar-refractivity contribution in [3.8, 4) is 0 Å². The molecule has 1 N–H and O–H groups in total. The summed E-state index contributed by atoms with van der Waals surface area (Å²) in [5.41, 5.74) is 2.76. The van der Waals surface area contributed by atoms with E-state index >= 15 is 0 Å². The standard InChI is InChI=1S/C16H19ClN4/c1-10(16-20-19-15-3-2-8-21(15)16)18-14-7-4-11-9-12(17)5-6-13(11)14/h5-6,9-10,14,18H,2-4,7-8H2,1H3. The maximum Gasteiger partial charge on any atom is 0.149 e. The first kappa shape index (κ1) is 13.3. The number of aryl methyl sites for hydroxylation is 2. The van der Waals surface area contributed by atoms with Crippen LogP contribution in [-0.4, -0.2) is 14.8 Å². The zero-order chi connectivity index (χ0) is 14.4. The van der Waals surface area contributed by atoms with Gasteiger partial charge in [0.25, 0.3) is 0 Å².